The van der Waals surface area contributed by atoms with Crippen molar-refractivity contribution in [2.45, 2.75) is 51.0 Å². The molecule has 1 saturated carbocycles. The van der Waals surface area contributed by atoms with Crippen LogP contribution in [0, 0.1) is 12.8 Å². The molecule has 2 heterocycles. The molecule has 1 amide bonds. The number of carbonyl (C=O) groups excluding carboxylic acids is 1. The van der Waals surface area contributed by atoms with Gasteiger partial charge in [-0.05, 0) is 44.6 Å². The van der Waals surface area contributed by atoms with Gasteiger partial charge in [0, 0.05) is 25.6 Å². The molecule has 9 heteroatoms. The molecule has 0 spiro atoms. The Kier molecular flexibility index (Phi) is 5.67. The third-order valence-electron chi connectivity index (χ3n) is 6.38. The Morgan fingerprint density at radius 2 is 2.10 bits per heavy atom. The van der Waals surface area contributed by atoms with Gasteiger partial charge in [0.2, 0.25) is 21.8 Å². The van der Waals surface area contributed by atoms with Crippen LogP contribution in [0.4, 0.5) is 0 Å². The number of hydrogen-bond acceptors (Lipinski definition) is 6. The molecule has 0 unspecified atom stereocenters. The number of nitrogens with one attached hydrogen (secondary N) is 1. The third kappa shape index (κ3) is 4.13. The van der Waals surface area contributed by atoms with Crippen molar-refractivity contribution >= 4 is 15.9 Å². The number of sulfonamides is 1. The highest BCUT2D eigenvalue weighted by molar-refractivity contribution is 7.89. The number of likely N-dealkylation sites (tertiary alicyclic amines) is 1. The number of aromatic nitrogens is 2. The predicted octanol–water partition coefficient (Wildman–Crippen LogP) is 1.81. The summed E-state index contributed by atoms with van der Waals surface area (Å²) in [5, 5.41) is 3.95. The van der Waals surface area contributed by atoms with Crippen LogP contribution >= 0.6 is 0 Å². The molecule has 1 saturated heterocycles. The van der Waals surface area contributed by atoms with Crippen molar-refractivity contribution in [3.8, 4) is 0 Å². The van der Waals surface area contributed by atoms with E-state index in [-0.39, 0.29) is 23.6 Å². The summed E-state index contributed by atoms with van der Waals surface area (Å²) in [5.74, 6) is 1.30. The first kappa shape index (κ1) is 21.0. The zero-order valence-corrected chi connectivity index (χ0v) is 18.2. The molecule has 1 N–H and O–H groups in total. The zero-order valence-electron chi connectivity index (χ0n) is 17.4. The molecule has 2 aromatic rings. The van der Waals surface area contributed by atoms with Crippen LogP contribution in [0.15, 0.2) is 34.9 Å². The van der Waals surface area contributed by atoms with Gasteiger partial charge >= 0.3 is 0 Å². The SMILES string of the molecule is CCS(=O)(=O)N[C@@H]1C[C@H]2CN(C(=O)CCc3ccccc3)C[C@@]2(c2nc(C)no2)C1. The van der Waals surface area contributed by atoms with Crippen LogP contribution in [0.3, 0.4) is 0 Å². The quantitative estimate of drug-likeness (QED) is 0.715. The van der Waals surface area contributed by atoms with Gasteiger partial charge in [-0.3, -0.25) is 4.79 Å². The van der Waals surface area contributed by atoms with Gasteiger partial charge in [0.1, 0.15) is 0 Å². The minimum atomic E-state index is -3.30. The van der Waals surface area contributed by atoms with E-state index in [1.54, 1.807) is 13.8 Å². The van der Waals surface area contributed by atoms with Crippen LogP contribution in [0.1, 0.15) is 43.5 Å². The second kappa shape index (κ2) is 8.11. The summed E-state index contributed by atoms with van der Waals surface area (Å²) in [6.07, 6.45) is 2.36. The molecule has 2 fully saturated rings. The minimum absolute atomic E-state index is 0.0466. The van der Waals surface area contributed by atoms with Crippen molar-refractivity contribution < 1.29 is 17.7 Å². The van der Waals surface area contributed by atoms with E-state index in [1.165, 1.54) is 0 Å². The van der Waals surface area contributed by atoms with E-state index in [4.69, 9.17) is 4.52 Å². The number of aryl methyl sites for hydroxylation is 2. The molecule has 0 radical (unpaired) electrons. The smallest absolute Gasteiger partial charge is 0.235 e. The Hall–Kier alpha value is -2.26. The second-order valence-electron chi connectivity index (χ2n) is 8.42. The lowest BCUT2D eigenvalue weighted by molar-refractivity contribution is -0.130. The molecule has 4 rings (SSSR count). The van der Waals surface area contributed by atoms with Gasteiger partial charge in [0.25, 0.3) is 0 Å². The Balaban J connectivity index is 1.50. The summed E-state index contributed by atoms with van der Waals surface area (Å²) in [6, 6.07) is 9.79. The Morgan fingerprint density at radius 3 is 2.77 bits per heavy atom. The first-order valence-corrected chi connectivity index (χ1v) is 12.1. The summed E-state index contributed by atoms with van der Waals surface area (Å²) < 4.78 is 32.5. The van der Waals surface area contributed by atoms with Crippen molar-refractivity contribution in [1.82, 2.24) is 19.8 Å². The average molecular weight is 433 g/mol. The highest BCUT2D eigenvalue weighted by Crippen LogP contribution is 2.50. The number of hydrogen-bond donors (Lipinski definition) is 1. The lowest BCUT2D eigenvalue weighted by Gasteiger charge is -2.25. The molecule has 2 aliphatic rings. The van der Waals surface area contributed by atoms with E-state index in [9.17, 15) is 13.2 Å². The molecule has 1 aliphatic carbocycles. The van der Waals surface area contributed by atoms with Crippen molar-refractivity contribution in [3.63, 3.8) is 0 Å². The van der Waals surface area contributed by atoms with Crippen LogP contribution in [0.2, 0.25) is 0 Å². The van der Waals surface area contributed by atoms with E-state index in [0.29, 0.717) is 50.5 Å². The van der Waals surface area contributed by atoms with E-state index in [0.717, 1.165) is 5.56 Å². The van der Waals surface area contributed by atoms with E-state index >= 15 is 0 Å². The van der Waals surface area contributed by atoms with Gasteiger partial charge in [-0.1, -0.05) is 35.5 Å². The van der Waals surface area contributed by atoms with E-state index < -0.39 is 15.4 Å². The van der Waals surface area contributed by atoms with Gasteiger partial charge < -0.3 is 9.42 Å². The molecule has 1 aromatic heterocycles. The van der Waals surface area contributed by atoms with Crippen molar-refractivity contribution in [2.24, 2.45) is 5.92 Å². The number of fused-ring (bicyclic) bond motifs is 1. The standard InChI is InChI=1S/C21H28N4O4S/c1-3-30(27,28)24-18-11-17-13-25(19(26)10-9-16-7-5-4-6-8-16)14-21(17,12-18)20-22-15(2)23-29-20/h4-8,17-18,24H,3,9-14H2,1-2H3/t17-,18+,21-/m0/s1. The van der Waals surface area contributed by atoms with Crippen LogP contribution < -0.4 is 4.72 Å². The van der Waals surface area contributed by atoms with Gasteiger partial charge in [-0.25, -0.2) is 13.1 Å². The van der Waals surface area contributed by atoms with Gasteiger partial charge in [-0.15, -0.1) is 0 Å². The summed E-state index contributed by atoms with van der Waals surface area (Å²) >= 11 is 0. The van der Waals surface area contributed by atoms with Crippen LogP contribution in [0.25, 0.3) is 0 Å². The lowest BCUT2D eigenvalue weighted by atomic mass is 9.80. The predicted molar refractivity (Wildman–Crippen MR) is 111 cm³/mol. The lowest BCUT2D eigenvalue weighted by Crippen LogP contribution is -2.40. The average Bonchev–Trinajstić information content (AvgIpc) is 3.39. The topological polar surface area (TPSA) is 105 Å². The fourth-order valence-corrected chi connectivity index (χ4v) is 5.73. The highest BCUT2D eigenvalue weighted by Gasteiger charge is 2.58. The second-order valence-corrected chi connectivity index (χ2v) is 10.5. The van der Waals surface area contributed by atoms with Crippen LogP contribution in [0.5, 0.6) is 0 Å². The van der Waals surface area contributed by atoms with E-state index in [1.807, 2.05) is 35.2 Å². The van der Waals surface area contributed by atoms with Gasteiger partial charge in [-0.2, -0.15) is 4.98 Å². The molecule has 162 valence electrons. The molecule has 1 aliphatic heterocycles. The molecule has 8 nitrogen and oxygen atoms in total. The number of nitrogens with zero attached hydrogens (tertiary/aromatic N) is 3. The molecule has 0 bridgehead atoms. The normalized spacial score (nSPS) is 26.1. The fraction of sp³-hybridized carbons (Fsp3) is 0.571. The maximum Gasteiger partial charge on any atom is 0.235 e. The Morgan fingerprint density at radius 1 is 1.33 bits per heavy atom. The van der Waals surface area contributed by atoms with Crippen molar-refractivity contribution in [1.29, 1.82) is 0 Å². The van der Waals surface area contributed by atoms with Crippen LogP contribution in [-0.4, -0.2) is 54.2 Å². The zero-order chi connectivity index (χ0) is 21.4. The van der Waals surface area contributed by atoms with E-state index in [2.05, 4.69) is 14.9 Å². The van der Waals surface area contributed by atoms with Crippen LogP contribution in [-0.2, 0) is 26.7 Å². The first-order chi connectivity index (χ1) is 14.3. The number of rotatable bonds is 7. The molecule has 30 heavy (non-hydrogen) atoms. The Labute approximate surface area is 177 Å². The molecule has 1 aromatic carbocycles. The fourth-order valence-electron chi connectivity index (χ4n) is 4.87. The maximum absolute atomic E-state index is 12.9. The first-order valence-electron chi connectivity index (χ1n) is 10.4. The summed E-state index contributed by atoms with van der Waals surface area (Å²) in [5.41, 5.74) is 0.645. The number of benzene rings is 1. The number of amides is 1. The maximum atomic E-state index is 12.9. The van der Waals surface area contributed by atoms with Gasteiger partial charge in [0.05, 0.1) is 11.2 Å². The summed E-state index contributed by atoms with van der Waals surface area (Å²) in [4.78, 5) is 19.3. The van der Waals surface area contributed by atoms with Crippen molar-refractivity contribution in [2.75, 3.05) is 18.8 Å². The highest BCUT2D eigenvalue weighted by atomic mass is 32.2. The molecule has 3 atom stereocenters. The number of carbonyl (C=O) groups is 1. The monoisotopic (exact) mass is 432 g/mol. The molecular formula is C21H28N4O4S. The molecular weight excluding hydrogens is 404 g/mol. The third-order valence-corrected chi connectivity index (χ3v) is 7.83. The Bertz CT molecular complexity index is 1010. The summed E-state index contributed by atoms with van der Waals surface area (Å²) in [7, 11) is -3.30. The van der Waals surface area contributed by atoms with Gasteiger partial charge in [0.15, 0.2) is 5.82 Å². The van der Waals surface area contributed by atoms with Crippen molar-refractivity contribution in [3.05, 3.63) is 47.6 Å². The largest absolute Gasteiger partial charge is 0.341 e. The summed E-state index contributed by atoms with van der Waals surface area (Å²) in [6.45, 7) is 4.46. The minimum Gasteiger partial charge on any atom is -0.341 e.